The van der Waals surface area contributed by atoms with Crippen molar-refractivity contribution in [1.29, 1.82) is 0 Å². The Morgan fingerprint density at radius 2 is 1.74 bits per heavy atom. The zero-order valence-corrected chi connectivity index (χ0v) is 20.4. The smallest absolute Gasteiger partial charge is 0.377 e. The number of methoxy groups -OCH3 is 1. The van der Waals surface area contributed by atoms with Gasteiger partial charge >= 0.3 is 5.97 Å². The summed E-state index contributed by atoms with van der Waals surface area (Å²) >= 11 is 6.30. The summed E-state index contributed by atoms with van der Waals surface area (Å²) in [5.41, 5.74) is 1.29. The minimum Gasteiger partial charge on any atom is -0.497 e. The van der Waals surface area contributed by atoms with Gasteiger partial charge in [-0.2, -0.15) is 0 Å². The molecule has 0 atom stereocenters. The number of carbonyl (C=O) groups excluding carboxylic acids is 1. The van der Waals surface area contributed by atoms with Gasteiger partial charge in [-0.15, -0.1) is 0 Å². The Morgan fingerprint density at radius 1 is 1.06 bits per heavy atom. The van der Waals surface area contributed by atoms with Gasteiger partial charge < -0.3 is 14.4 Å². The molecule has 180 valence electrons. The summed E-state index contributed by atoms with van der Waals surface area (Å²) in [6.45, 7) is 1.93. The first-order valence-electron chi connectivity index (χ1n) is 10.5. The molecule has 3 aromatic carbocycles. The minimum atomic E-state index is -3.95. The van der Waals surface area contributed by atoms with Crippen molar-refractivity contribution in [3.05, 3.63) is 83.5 Å². The molecule has 1 aromatic heterocycles. The number of carboxylic acid groups (broad SMARTS) is 1. The summed E-state index contributed by atoms with van der Waals surface area (Å²) in [5.74, 6) is -2.12. The largest absolute Gasteiger partial charge is 0.497 e. The van der Waals surface area contributed by atoms with E-state index in [0.717, 1.165) is 0 Å². The van der Waals surface area contributed by atoms with Crippen molar-refractivity contribution in [2.24, 2.45) is 0 Å². The second-order valence-corrected chi connectivity index (χ2v) is 9.82. The number of ketones is 1. The highest BCUT2D eigenvalue weighted by molar-refractivity contribution is 7.92. The first-order valence-corrected chi connectivity index (χ1v) is 12.3. The summed E-state index contributed by atoms with van der Waals surface area (Å²) in [7, 11) is -2.42. The third kappa shape index (κ3) is 4.36. The van der Waals surface area contributed by atoms with Crippen LogP contribution in [0.4, 0.5) is 5.69 Å². The van der Waals surface area contributed by atoms with E-state index in [2.05, 4.69) is 0 Å². The number of carbonyl (C=O) groups is 2. The van der Waals surface area contributed by atoms with Gasteiger partial charge in [0, 0.05) is 23.8 Å². The fourth-order valence-electron chi connectivity index (χ4n) is 3.91. The number of nitrogens with zero attached hydrogens (tertiary/aromatic N) is 2. The molecule has 4 rings (SSSR count). The van der Waals surface area contributed by atoms with Crippen molar-refractivity contribution < 1.29 is 27.9 Å². The van der Waals surface area contributed by atoms with Crippen LogP contribution in [0.1, 0.15) is 17.3 Å². The number of sulfonamides is 1. The Labute approximate surface area is 207 Å². The molecule has 0 radical (unpaired) electrons. The van der Waals surface area contributed by atoms with E-state index in [1.807, 2.05) is 0 Å². The molecule has 0 fully saturated rings. The Bertz CT molecular complexity index is 1540. The number of hydrogen-bond donors (Lipinski definition) is 1. The fraction of sp³-hybridized carbons (Fsp3) is 0.120. The summed E-state index contributed by atoms with van der Waals surface area (Å²) in [6, 6.07) is 17.8. The second-order valence-electron chi connectivity index (χ2n) is 7.55. The molecule has 0 aliphatic rings. The van der Waals surface area contributed by atoms with Gasteiger partial charge in [0.1, 0.15) is 5.75 Å². The maximum absolute atomic E-state index is 13.6. The maximum Gasteiger partial charge on any atom is 0.377 e. The predicted molar refractivity (Wildman–Crippen MR) is 133 cm³/mol. The van der Waals surface area contributed by atoms with Crippen molar-refractivity contribution in [2.45, 2.75) is 11.8 Å². The van der Waals surface area contributed by atoms with E-state index < -0.39 is 21.8 Å². The highest BCUT2D eigenvalue weighted by Crippen LogP contribution is 2.33. The Balaban J connectivity index is 1.84. The number of ether oxygens (including phenoxy) is 1. The maximum atomic E-state index is 13.6. The number of Topliss-reactive ketones (excluding diaryl/α,β-unsaturated/α-hetero) is 1. The standard InChI is InChI=1S/C25H21ClN2O6S/c1-3-28(16-10-12-18(34-2)13-11-16)35(32,33)19-7-4-6-17(14-19)27-15-20(24(29)25(30)31)23-21(26)8-5-9-22(23)27/h4-15H,3H2,1-2H3,(H,30,31). The minimum absolute atomic E-state index is 0.0302. The number of aliphatic carboxylic acids is 1. The number of halogens is 1. The average molecular weight is 513 g/mol. The van der Waals surface area contributed by atoms with Crippen LogP contribution in [-0.4, -0.2) is 43.5 Å². The molecular weight excluding hydrogens is 492 g/mol. The number of benzene rings is 3. The summed E-state index contributed by atoms with van der Waals surface area (Å²) in [6.07, 6.45) is 1.36. The van der Waals surface area contributed by atoms with Gasteiger partial charge in [-0.3, -0.25) is 9.10 Å². The van der Waals surface area contributed by atoms with Crippen LogP contribution in [-0.2, 0) is 14.8 Å². The molecule has 8 nitrogen and oxygen atoms in total. The third-order valence-corrected chi connectivity index (χ3v) is 7.76. The molecule has 10 heteroatoms. The number of aromatic nitrogens is 1. The van der Waals surface area contributed by atoms with E-state index in [1.165, 1.54) is 29.7 Å². The van der Waals surface area contributed by atoms with Crippen molar-refractivity contribution in [3.8, 4) is 11.4 Å². The van der Waals surface area contributed by atoms with Crippen LogP contribution in [0.25, 0.3) is 16.6 Å². The number of hydrogen-bond acceptors (Lipinski definition) is 5. The summed E-state index contributed by atoms with van der Waals surface area (Å²) < 4.78 is 35.1. The average Bonchev–Trinajstić information content (AvgIpc) is 3.25. The zero-order valence-electron chi connectivity index (χ0n) is 18.8. The lowest BCUT2D eigenvalue weighted by atomic mass is 10.1. The molecule has 0 amide bonds. The zero-order chi connectivity index (χ0) is 25.3. The lowest BCUT2D eigenvalue weighted by Crippen LogP contribution is -2.30. The van der Waals surface area contributed by atoms with Gasteiger partial charge in [0.25, 0.3) is 15.8 Å². The summed E-state index contributed by atoms with van der Waals surface area (Å²) in [4.78, 5) is 23.7. The van der Waals surface area contributed by atoms with Gasteiger partial charge in [-0.25, -0.2) is 13.2 Å². The van der Waals surface area contributed by atoms with Crippen LogP contribution in [0.3, 0.4) is 0 Å². The van der Waals surface area contributed by atoms with Gasteiger partial charge in [0.05, 0.1) is 33.8 Å². The van der Waals surface area contributed by atoms with Crippen LogP contribution in [0.15, 0.2) is 77.8 Å². The second kappa shape index (κ2) is 9.44. The molecule has 35 heavy (non-hydrogen) atoms. The van der Waals surface area contributed by atoms with E-state index in [9.17, 15) is 23.1 Å². The quantitative estimate of drug-likeness (QED) is 0.269. The van der Waals surface area contributed by atoms with Gasteiger partial charge in [0.2, 0.25) is 0 Å². The topological polar surface area (TPSA) is 106 Å². The van der Waals surface area contributed by atoms with Crippen molar-refractivity contribution >= 4 is 50.0 Å². The van der Waals surface area contributed by atoms with Crippen LogP contribution in [0.2, 0.25) is 5.02 Å². The third-order valence-electron chi connectivity index (χ3n) is 5.55. The first kappa shape index (κ1) is 24.3. The van der Waals surface area contributed by atoms with E-state index in [1.54, 1.807) is 66.1 Å². The molecule has 0 saturated heterocycles. The SMILES string of the molecule is CCN(c1ccc(OC)cc1)S(=O)(=O)c1cccc(-n2cc(C(=O)C(=O)O)c3c(Cl)cccc32)c1. The number of rotatable bonds is 8. The van der Waals surface area contributed by atoms with Crippen LogP contribution < -0.4 is 9.04 Å². The molecule has 0 aliphatic carbocycles. The molecule has 0 bridgehead atoms. The number of fused-ring (bicyclic) bond motifs is 1. The summed E-state index contributed by atoms with van der Waals surface area (Å²) in [5, 5.41) is 9.75. The van der Waals surface area contributed by atoms with Gasteiger partial charge in [0.15, 0.2) is 0 Å². The van der Waals surface area contributed by atoms with Crippen LogP contribution in [0, 0.1) is 0 Å². The molecule has 1 heterocycles. The Kier molecular flexibility index (Phi) is 6.56. The molecule has 0 aliphatic heterocycles. The van der Waals surface area contributed by atoms with Gasteiger partial charge in [-0.05, 0) is 61.5 Å². The fourth-order valence-corrected chi connectivity index (χ4v) is 5.69. The highest BCUT2D eigenvalue weighted by atomic mass is 35.5. The predicted octanol–water partition coefficient (Wildman–Crippen LogP) is 4.78. The van der Waals surface area contributed by atoms with E-state index in [0.29, 0.717) is 22.6 Å². The van der Waals surface area contributed by atoms with Crippen molar-refractivity contribution in [2.75, 3.05) is 18.0 Å². The van der Waals surface area contributed by atoms with Crippen LogP contribution >= 0.6 is 11.6 Å². The van der Waals surface area contributed by atoms with Gasteiger partial charge in [-0.1, -0.05) is 23.7 Å². The normalized spacial score (nSPS) is 11.4. The monoisotopic (exact) mass is 512 g/mol. The molecule has 0 saturated carbocycles. The van der Waals surface area contributed by atoms with E-state index in [4.69, 9.17) is 16.3 Å². The first-order chi connectivity index (χ1) is 16.7. The van der Waals surface area contributed by atoms with Crippen molar-refractivity contribution in [1.82, 2.24) is 4.57 Å². The molecule has 0 unspecified atom stereocenters. The van der Waals surface area contributed by atoms with Crippen LogP contribution in [0.5, 0.6) is 5.75 Å². The van der Waals surface area contributed by atoms with E-state index in [-0.39, 0.29) is 27.4 Å². The number of carboxylic acids is 1. The Morgan fingerprint density at radius 3 is 2.37 bits per heavy atom. The lowest BCUT2D eigenvalue weighted by Gasteiger charge is -2.23. The molecule has 0 spiro atoms. The Hall–Kier alpha value is -3.82. The molecule has 4 aromatic rings. The molecule has 1 N–H and O–H groups in total. The van der Waals surface area contributed by atoms with E-state index >= 15 is 0 Å². The molecular formula is C25H21ClN2O6S. The number of anilines is 1. The van der Waals surface area contributed by atoms with Crippen molar-refractivity contribution in [3.63, 3.8) is 0 Å². The lowest BCUT2D eigenvalue weighted by molar-refractivity contribution is -0.131. The highest BCUT2D eigenvalue weighted by Gasteiger charge is 2.26.